The second-order valence-corrected chi connectivity index (χ2v) is 5.17. The molecule has 0 saturated carbocycles. The maximum atomic E-state index is 11.0. The van der Waals surface area contributed by atoms with Crippen LogP contribution in [0.5, 0.6) is 0 Å². The van der Waals surface area contributed by atoms with Crippen LogP contribution >= 0.6 is 0 Å². The van der Waals surface area contributed by atoms with Crippen LogP contribution in [0.25, 0.3) is 0 Å². The van der Waals surface area contributed by atoms with Crippen LogP contribution < -0.4 is 5.32 Å². The number of nitrogens with one attached hydrogen (secondary N) is 1. The molecule has 0 aromatic heterocycles. The minimum Gasteiger partial charge on any atom is -0.306 e. The van der Waals surface area contributed by atoms with Crippen molar-refractivity contribution >= 4 is 9.84 Å². The summed E-state index contributed by atoms with van der Waals surface area (Å²) in [6.07, 6.45) is 0.668. The maximum absolute atomic E-state index is 11.0. The largest absolute Gasteiger partial charge is 0.306 e. The fourth-order valence-corrected chi connectivity index (χ4v) is 1.67. The summed E-state index contributed by atoms with van der Waals surface area (Å²) in [6, 6.07) is 0. The fourth-order valence-electron chi connectivity index (χ4n) is 0.801. The highest BCUT2D eigenvalue weighted by molar-refractivity contribution is 7.91. The fraction of sp³-hybridized carbons (Fsp3) is 0.778. The molecule has 13 heavy (non-hydrogen) atoms. The lowest BCUT2D eigenvalue weighted by Crippen LogP contribution is -2.19. The highest BCUT2D eigenvalue weighted by Gasteiger charge is 2.05. The topological polar surface area (TPSA) is 46.2 Å². The molecule has 0 spiro atoms. The Hall–Kier alpha value is -0.530. The van der Waals surface area contributed by atoms with Crippen LogP contribution in [-0.2, 0) is 9.84 Å². The van der Waals surface area contributed by atoms with E-state index in [1.807, 2.05) is 0 Å². The zero-order valence-electron chi connectivity index (χ0n) is 8.26. The average Bonchev–Trinajstić information content (AvgIpc) is 2.11. The van der Waals surface area contributed by atoms with Gasteiger partial charge in [0, 0.05) is 5.75 Å². The molecular weight excluding hydrogens is 186 g/mol. The van der Waals surface area contributed by atoms with Gasteiger partial charge in [-0.15, -0.1) is 5.92 Å². The molecule has 0 saturated heterocycles. The molecular formula is C9H17NO2S. The van der Waals surface area contributed by atoms with Crippen molar-refractivity contribution in [3.63, 3.8) is 0 Å². The zero-order valence-corrected chi connectivity index (χ0v) is 9.08. The third-order valence-corrected chi connectivity index (χ3v) is 3.43. The summed E-state index contributed by atoms with van der Waals surface area (Å²) >= 11 is 0. The maximum Gasteiger partial charge on any atom is 0.150 e. The van der Waals surface area contributed by atoms with Crippen LogP contribution in [0.15, 0.2) is 0 Å². The summed E-state index contributed by atoms with van der Waals surface area (Å²) in [5.41, 5.74) is 0. The molecule has 0 amide bonds. The van der Waals surface area contributed by atoms with Gasteiger partial charge in [0.1, 0.15) is 9.84 Å². The smallest absolute Gasteiger partial charge is 0.150 e. The molecule has 0 unspecified atom stereocenters. The van der Waals surface area contributed by atoms with Crippen LogP contribution in [0.3, 0.4) is 0 Å². The average molecular weight is 203 g/mol. The first-order chi connectivity index (χ1) is 6.12. The quantitative estimate of drug-likeness (QED) is 0.503. The van der Waals surface area contributed by atoms with Gasteiger partial charge in [-0.05, 0) is 19.9 Å². The van der Waals surface area contributed by atoms with E-state index in [2.05, 4.69) is 17.2 Å². The Kier molecular flexibility index (Phi) is 6.65. The minimum atomic E-state index is -2.79. The van der Waals surface area contributed by atoms with E-state index in [0.29, 0.717) is 19.5 Å². The van der Waals surface area contributed by atoms with Crippen molar-refractivity contribution in [3.05, 3.63) is 0 Å². The van der Waals surface area contributed by atoms with Gasteiger partial charge in [0.2, 0.25) is 0 Å². The van der Waals surface area contributed by atoms with Gasteiger partial charge in [-0.2, -0.15) is 0 Å². The molecule has 0 radical (unpaired) electrons. The molecule has 0 heterocycles. The minimum absolute atomic E-state index is 0.238. The van der Waals surface area contributed by atoms with E-state index in [9.17, 15) is 8.42 Å². The molecule has 76 valence electrons. The summed E-state index contributed by atoms with van der Waals surface area (Å²) < 4.78 is 22.1. The van der Waals surface area contributed by atoms with Crippen LogP contribution in [0.4, 0.5) is 0 Å². The van der Waals surface area contributed by atoms with Gasteiger partial charge in [-0.3, -0.25) is 0 Å². The van der Waals surface area contributed by atoms with Gasteiger partial charge in [-0.25, -0.2) is 8.42 Å². The van der Waals surface area contributed by atoms with Crippen molar-refractivity contribution in [1.29, 1.82) is 0 Å². The Morgan fingerprint density at radius 1 is 1.38 bits per heavy atom. The monoisotopic (exact) mass is 203 g/mol. The second kappa shape index (κ2) is 6.93. The Bertz CT molecular complexity index is 272. The Morgan fingerprint density at radius 3 is 2.62 bits per heavy atom. The molecule has 0 aliphatic heterocycles. The normalized spacial score (nSPS) is 10.6. The number of hydrogen-bond donors (Lipinski definition) is 1. The predicted molar refractivity (Wildman–Crippen MR) is 55.3 cm³/mol. The Balaban J connectivity index is 3.40. The van der Waals surface area contributed by atoms with Crippen molar-refractivity contribution in [2.24, 2.45) is 0 Å². The first kappa shape index (κ1) is 12.5. The van der Waals surface area contributed by atoms with E-state index in [1.165, 1.54) is 0 Å². The van der Waals surface area contributed by atoms with Gasteiger partial charge >= 0.3 is 0 Å². The van der Waals surface area contributed by atoms with Crippen molar-refractivity contribution in [1.82, 2.24) is 5.32 Å². The molecule has 0 bridgehead atoms. The van der Waals surface area contributed by atoms with Crippen LogP contribution in [-0.4, -0.2) is 33.0 Å². The zero-order chi connectivity index (χ0) is 10.2. The standard InChI is InChI=1S/C9H17NO2S/c1-3-5-7-10-8-6-9-13(11,12)4-2/h10H,4,6-9H2,1-2H3. The number of rotatable bonds is 6. The molecule has 0 fully saturated rings. The summed E-state index contributed by atoms with van der Waals surface area (Å²) in [6.45, 7) is 4.81. The third-order valence-electron chi connectivity index (χ3n) is 1.64. The van der Waals surface area contributed by atoms with E-state index >= 15 is 0 Å². The lowest BCUT2D eigenvalue weighted by Gasteiger charge is -2.01. The molecule has 0 rings (SSSR count). The van der Waals surface area contributed by atoms with Crippen molar-refractivity contribution < 1.29 is 8.42 Å². The predicted octanol–water partition coefficient (Wildman–Crippen LogP) is 0.424. The van der Waals surface area contributed by atoms with Gasteiger partial charge in [-0.1, -0.05) is 12.8 Å². The van der Waals surface area contributed by atoms with Crippen molar-refractivity contribution in [2.45, 2.75) is 20.3 Å². The summed E-state index contributed by atoms with van der Waals surface area (Å²) in [7, 11) is -2.79. The lowest BCUT2D eigenvalue weighted by molar-refractivity contribution is 0.592. The van der Waals surface area contributed by atoms with Crippen molar-refractivity contribution in [2.75, 3.05) is 24.6 Å². The first-order valence-corrected chi connectivity index (χ1v) is 6.25. The summed E-state index contributed by atoms with van der Waals surface area (Å²) in [4.78, 5) is 0. The SMILES string of the molecule is CC#CCNCCCS(=O)(=O)CC. The summed E-state index contributed by atoms with van der Waals surface area (Å²) in [5.74, 6) is 6.12. The molecule has 3 nitrogen and oxygen atoms in total. The molecule has 0 aromatic carbocycles. The molecule has 0 atom stereocenters. The lowest BCUT2D eigenvalue weighted by atomic mass is 10.4. The molecule has 0 aromatic rings. The highest BCUT2D eigenvalue weighted by atomic mass is 32.2. The van der Waals surface area contributed by atoms with Gasteiger partial charge in [0.25, 0.3) is 0 Å². The van der Waals surface area contributed by atoms with E-state index in [-0.39, 0.29) is 11.5 Å². The number of sulfone groups is 1. The van der Waals surface area contributed by atoms with Gasteiger partial charge < -0.3 is 5.32 Å². The first-order valence-electron chi connectivity index (χ1n) is 4.43. The number of hydrogen-bond acceptors (Lipinski definition) is 3. The Labute approximate surface area is 80.8 Å². The van der Waals surface area contributed by atoms with Crippen LogP contribution in [0.1, 0.15) is 20.3 Å². The van der Waals surface area contributed by atoms with Crippen LogP contribution in [0, 0.1) is 11.8 Å². The molecule has 0 aliphatic carbocycles. The van der Waals surface area contributed by atoms with E-state index in [4.69, 9.17) is 0 Å². The molecule has 0 aliphatic rings. The van der Waals surface area contributed by atoms with E-state index in [0.717, 1.165) is 0 Å². The van der Waals surface area contributed by atoms with Gasteiger partial charge in [0.15, 0.2) is 0 Å². The Morgan fingerprint density at radius 2 is 2.08 bits per heavy atom. The summed E-state index contributed by atoms with van der Waals surface area (Å²) in [5, 5.41) is 3.04. The van der Waals surface area contributed by atoms with E-state index < -0.39 is 9.84 Å². The second-order valence-electron chi connectivity index (χ2n) is 2.69. The third kappa shape index (κ3) is 7.82. The van der Waals surface area contributed by atoms with Gasteiger partial charge in [0.05, 0.1) is 12.3 Å². The van der Waals surface area contributed by atoms with Crippen molar-refractivity contribution in [3.8, 4) is 11.8 Å². The van der Waals surface area contributed by atoms with Crippen LogP contribution in [0.2, 0.25) is 0 Å². The highest BCUT2D eigenvalue weighted by Crippen LogP contribution is 1.91. The molecule has 1 N–H and O–H groups in total. The molecule has 4 heteroatoms. The van der Waals surface area contributed by atoms with E-state index in [1.54, 1.807) is 13.8 Å².